The number of aromatic nitrogens is 1. The van der Waals surface area contributed by atoms with Crippen LogP contribution in [0.1, 0.15) is 41.4 Å². The molecule has 1 aromatic heterocycles. The van der Waals surface area contributed by atoms with Crippen molar-refractivity contribution in [3.63, 3.8) is 0 Å². The van der Waals surface area contributed by atoms with Crippen LogP contribution in [0.4, 0.5) is 5.13 Å². The maximum atomic E-state index is 12.3. The Morgan fingerprint density at radius 2 is 2.14 bits per heavy atom. The maximum Gasteiger partial charge on any atom is 0.271 e. The number of anilines is 1. The first-order valence-corrected chi connectivity index (χ1v) is 10.4. The fraction of sp³-hybridized carbons (Fsp3) is 0.421. The lowest BCUT2D eigenvalue weighted by Crippen LogP contribution is -2.29. The highest BCUT2D eigenvalue weighted by Crippen LogP contribution is 2.30. The molecular weight excluding hydrogens is 400 g/mol. The third-order valence-corrected chi connectivity index (χ3v) is 5.75. The van der Waals surface area contributed by atoms with Gasteiger partial charge in [-0.1, -0.05) is 22.9 Å². The smallest absolute Gasteiger partial charge is 0.271 e. The summed E-state index contributed by atoms with van der Waals surface area (Å²) in [5, 5.41) is 5.31. The summed E-state index contributed by atoms with van der Waals surface area (Å²) in [4.78, 5) is 19.7. The van der Waals surface area contributed by atoms with Crippen LogP contribution in [0.5, 0.6) is 11.5 Å². The number of piperidine rings is 1. The highest BCUT2D eigenvalue weighted by Gasteiger charge is 2.17. The van der Waals surface area contributed by atoms with E-state index in [1.54, 1.807) is 18.2 Å². The van der Waals surface area contributed by atoms with E-state index in [4.69, 9.17) is 21.1 Å². The van der Waals surface area contributed by atoms with E-state index in [1.807, 2.05) is 6.92 Å². The molecule has 0 atom stereocenters. The number of hydrogen-bond donors (Lipinski definition) is 1. The minimum absolute atomic E-state index is 0.352. The Kier molecular flexibility index (Phi) is 7.11. The zero-order valence-corrected chi connectivity index (χ0v) is 17.5. The predicted molar refractivity (Wildman–Crippen MR) is 112 cm³/mol. The van der Waals surface area contributed by atoms with Crippen molar-refractivity contribution in [2.75, 3.05) is 31.7 Å². The van der Waals surface area contributed by atoms with E-state index in [2.05, 4.69) is 20.4 Å². The summed E-state index contributed by atoms with van der Waals surface area (Å²) in [5.74, 6) is 0.733. The number of carbonyl (C=O) groups excluding carboxylic acids is 1. The van der Waals surface area contributed by atoms with Crippen LogP contribution in [0.3, 0.4) is 0 Å². The van der Waals surface area contributed by atoms with Gasteiger partial charge in [0.2, 0.25) is 0 Å². The van der Waals surface area contributed by atoms with E-state index in [9.17, 15) is 4.79 Å². The highest BCUT2D eigenvalue weighted by atomic mass is 35.5. The Bertz CT molecular complexity index is 850. The Morgan fingerprint density at radius 3 is 2.86 bits per heavy atom. The largest absolute Gasteiger partial charge is 0.493 e. The fourth-order valence-electron chi connectivity index (χ4n) is 2.90. The molecule has 1 saturated heterocycles. The first-order valence-electron chi connectivity index (χ1n) is 9.18. The Hall–Kier alpha value is -2.32. The fourth-order valence-corrected chi connectivity index (χ4v) is 4.08. The van der Waals surface area contributed by atoms with Crippen LogP contribution in [0.15, 0.2) is 23.3 Å². The van der Waals surface area contributed by atoms with E-state index >= 15 is 0 Å². The van der Waals surface area contributed by atoms with E-state index in [-0.39, 0.29) is 5.91 Å². The van der Waals surface area contributed by atoms with E-state index in [1.165, 1.54) is 43.9 Å². The van der Waals surface area contributed by atoms with Gasteiger partial charge in [0.1, 0.15) is 0 Å². The number of halogens is 1. The third-order valence-electron chi connectivity index (χ3n) is 4.30. The molecule has 9 heteroatoms. The molecule has 1 aliphatic rings. The summed E-state index contributed by atoms with van der Waals surface area (Å²) in [5.41, 5.74) is 2.93. The number of hydrogen-bond acceptors (Lipinski definition) is 7. The van der Waals surface area contributed by atoms with Crippen LogP contribution in [0.2, 0.25) is 5.15 Å². The summed E-state index contributed by atoms with van der Waals surface area (Å²) in [7, 11) is 1.53. The number of hydrazone groups is 1. The summed E-state index contributed by atoms with van der Waals surface area (Å²) in [6, 6.07) is 4.97. The van der Waals surface area contributed by atoms with Crippen molar-refractivity contribution in [1.82, 2.24) is 10.4 Å². The number of benzene rings is 1. The Labute approximate surface area is 173 Å². The zero-order valence-electron chi connectivity index (χ0n) is 15.9. The number of carbonyl (C=O) groups is 1. The van der Waals surface area contributed by atoms with Crippen molar-refractivity contribution in [2.24, 2.45) is 5.10 Å². The summed E-state index contributed by atoms with van der Waals surface area (Å²) < 4.78 is 10.7. The number of thiazole rings is 1. The molecule has 1 amide bonds. The SMILES string of the molecule is CCOc1ccc(C(=O)N/N=C\c2sc(N3CCCCC3)nc2Cl)cc1OC. The average Bonchev–Trinajstić information content (AvgIpc) is 3.09. The third kappa shape index (κ3) is 4.94. The van der Waals surface area contributed by atoms with Gasteiger partial charge in [0.25, 0.3) is 5.91 Å². The quantitative estimate of drug-likeness (QED) is 0.540. The lowest BCUT2D eigenvalue weighted by atomic mass is 10.1. The van der Waals surface area contributed by atoms with Gasteiger partial charge in [-0.2, -0.15) is 5.10 Å². The average molecular weight is 423 g/mol. The molecule has 0 aliphatic carbocycles. The molecule has 150 valence electrons. The molecule has 1 fully saturated rings. The maximum absolute atomic E-state index is 12.3. The van der Waals surface area contributed by atoms with Gasteiger partial charge in [0, 0.05) is 18.7 Å². The molecule has 3 rings (SSSR count). The summed E-state index contributed by atoms with van der Waals surface area (Å²) in [6.45, 7) is 4.39. The number of ether oxygens (including phenoxy) is 2. The second kappa shape index (κ2) is 9.75. The predicted octanol–water partition coefficient (Wildman–Crippen LogP) is 3.96. The number of methoxy groups -OCH3 is 1. The van der Waals surface area contributed by atoms with Gasteiger partial charge >= 0.3 is 0 Å². The van der Waals surface area contributed by atoms with Crippen LogP contribution in [0, 0.1) is 0 Å². The lowest BCUT2D eigenvalue weighted by molar-refractivity contribution is 0.0954. The second-order valence-electron chi connectivity index (χ2n) is 6.20. The molecule has 0 bridgehead atoms. The van der Waals surface area contributed by atoms with Crippen LogP contribution >= 0.6 is 22.9 Å². The number of rotatable bonds is 7. The minimum atomic E-state index is -0.352. The molecule has 7 nitrogen and oxygen atoms in total. The number of nitrogens with one attached hydrogen (secondary N) is 1. The lowest BCUT2D eigenvalue weighted by Gasteiger charge is -2.25. The van der Waals surface area contributed by atoms with Crippen molar-refractivity contribution in [2.45, 2.75) is 26.2 Å². The van der Waals surface area contributed by atoms with Crippen LogP contribution in [-0.4, -0.2) is 43.9 Å². The van der Waals surface area contributed by atoms with Crippen LogP contribution in [-0.2, 0) is 0 Å². The van der Waals surface area contributed by atoms with E-state index in [0.29, 0.717) is 33.7 Å². The summed E-state index contributed by atoms with van der Waals surface area (Å²) in [6.07, 6.45) is 5.12. The van der Waals surface area contributed by atoms with Gasteiger partial charge in [-0.25, -0.2) is 10.4 Å². The number of amides is 1. The molecule has 28 heavy (non-hydrogen) atoms. The number of nitrogens with zero attached hydrogens (tertiary/aromatic N) is 3. The van der Waals surface area contributed by atoms with Crippen molar-refractivity contribution < 1.29 is 14.3 Å². The molecule has 1 aromatic carbocycles. The van der Waals surface area contributed by atoms with Gasteiger partial charge in [-0.15, -0.1) is 0 Å². The highest BCUT2D eigenvalue weighted by molar-refractivity contribution is 7.17. The molecule has 1 N–H and O–H groups in total. The molecule has 0 saturated carbocycles. The Balaban J connectivity index is 1.64. The molecule has 1 aliphatic heterocycles. The van der Waals surface area contributed by atoms with Gasteiger partial charge in [-0.05, 0) is 44.4 Å². The van der Waals surface area contributed by atoms with Gasteiger partial charge in [0.15, 0.2) is 21.8 Å². The monoisotopic (exact) mass is 422 g/mol. The van der Waals surface area contributed by atoms with Gasteiger partial charge in [0.05, 0.1) is 24.8 Å². The molecule has 0 unspecified atom stereocenters. The second-order valence-corrected chi connectivity index (χ2v) is 7.56. The van der Waals surface area contributed by atoms with E-state index in [0.717, 1.165) is 18.2 Å². The van der Waals surface area contributed by atoms with Gasteiger partial charge in [-0.3, -0.25) is 4.79 Å². The van der Waals surface area contributed by atoms with Crippen molar-refractivity contribution in [3.05, 3.63) is 33.8 Å². The van der Waals surface area contributed by atoms with Gasteiger partial charge < -0.3 is 14.4 Å². The molecule has 2 aromatic rings. The topological polar surface area (TPSA) is 76.0 Å². The van der Waals surface area contributed by atoms with Crippen molar-refractivity contribution >= 4 is 40.2 Å². The zero-order chi connectivity index (χ0) is 19.9. The first kappa shape index (κ1) is 20.4. The molecule has 0 radical (unpaired) electrons. The molecule has 2 heterocycles. The first-order chi connectivity index (χ1) is 13.6. The molecular formula is C19H23ClN4O3S. The van der Waals surface area contributed by atoms with Crippen molar-refractivity contribution in [1.29, 1.82) is 0 Å². The molecule has 0 spiro atoms. The van der Waals surface area contributed by atoms with Crippen molar-refractivity contribution in [3.8, 4) is 11.5 Å². The standard InChI is InChI=1S/C19H23ClN4O3S/c1-3-27-14-8-7-13(11-15(14)26-2)18(25)23-21-12-16-17(20)22-19(28-16)24-9-5-4-6-10-24/h7-8,11-12H,3-6,9-10H2,1-2H3,(H,23,25)/b21-12-. The van der Waals surface area contributed by atoms with Crippen LogP contribution in [0.25, 0.3) is 0 Å². The summed E-state index contributed by atoms with van der Waals surface area (Å²) >= 11 is 7.69. The van der Waals surface area contributed by atoms with E-state index < -0.39 is 0 Å². The van der Waals surface area contributed by atoms with Crippen LogP contribution < -0.4 is 19.8 Å². The Morgan fingerprint density at radius 1 is 1.36 bits per heavy atom. The normalized spacial score (nSPS) is 14.3. The minimum Gasteiger partial charge on any atom is -0.493 e.